The molecular weight excluding hydrogens is 248 g/mol. The molecule has 4 heteroatoms. The van der Waals surface area contributed by atoms with E-state index in [-0.39, 0.29) is 5.17 Å². The fourth-order valence-corrected chi connectivity index (χ4v) is 3.27. The average molecular weight is 277 g/mol. The smallest absolute Gasteiger partial charge is 0.161 e. The molecule has 0 aliphatic rings. The minimum absolute atomic E-state index is 0.224. The lowest BCUT2D eigenvalue weighted by atomic mass is 10.1. The van der Waals surface area contributed by atoms with E-state index in [4.69, 9.17) is 11.1 Å². The van der Waals surface area contributed by atoms with Crippen molar-refractivity contribution in [2.24, 2.45) is 5.73 Å². The standard InChI is InChI=1S/C13H28N2S2/c1-2-3-4-5-6-7-8-9-10-11-12-16-17-13(14)15/h2-12H2,1H3,(H3,14,15). The molecule has 0 bridgehead atoms. The third-order valence-electron chi connectivity index (χ3n) is 2.73. The molecule has 102 valence electrons. The SMILES string of the molecule is CCCCCCCCCCCCSSC(=N)N. The molecule has 0 aliphatic heterocycles. The van der Waals surface area contributed by atoms with Crippen molar-refractivity contribution in [2.75, 3.05) is 5.75 Å². The van der Waals surface area contributed by atoms with Crippen molar-refractivity contribution in [3.8, 4) is 0 Å². The molecule has 0 radical (unpaired) electrons. The first kappa shape index (κ1) is 17.2. The average Bonchev–Trinajstić information content (AvgIpc) is 2.30. The topological polar surface area (TPSA) is 49.9 Å². The molecule has 0 unspecified atom stereocenters. The summed E-state index contributed by atoms with van der Waals surface area (Å²) in [4.78, 5) is 0. The van der Waals surface area contributed by atoms with E-state index in [2.05, 4.69) is 6.92 Å². The normalized spacial score (nSPS) is 10.6. The van der Waals surface area contributed by atoms with Crippen LogP contribution in [0, 0.1) is 5.41 Å². The summed E-state index contributed by atoms with van der Waals surface area (Å²) in [7, 11) is 3.09. The highest BCUT2D eigenvalue weighted by Crippen LogP contribution is 2.22. The van der Waals surface area contributed by atoms with Crippen LogP contribution >= 0.6 is 21.6 Å². The molecular formula is C13H28N2S2. The van der Waals surface area contributed by atoms with Gasteiger partial charge in [0.25, 0.3) is 0 Å². The van der Waals surface area contributed by atoms with E-state index >= 15 is 0 Å². The summed E-state index contributed by atoms with van der Waals surface area (Å²) < 4.78 is 0. The molecule has 0 fully saturated rings. The molecule has 0 aliphatic carbocycles. The molecule has 17 heavy (non-hydrogen) atoms. The lowest BCUT2D eigenvalue weighted by Crippen LogP contribution is -2.01. The van der Waals surface area contributed by atoms with Gasteiger partial charge < -0.3 is 5.73 Å². The second kappa shape index (κ2) is 14.2. The largest absolute Gasteiger partial charge is 0.378 e. The van der Waals surface area contributed by atoms with Crippen LogP contribution in [0.1, 0.15) is 71.1 Å². The zero-order valence-corrected chi connectivity index (χ0v) is 12.8. The summed E-state index contributed by atoms with van der Waals surface area (Å²) in [5.74, 6) is 1.13. The summed E-state index contributed by atoms with van der Waals surface area (Å²) in [6, 6.07) is 0. The van der Waals surface area contributed by atoms with Gasteiger partial charge in [-0.05, 0) is 17.2 Å². The van der Waals surface area contributed by atoms with Crippen LogP contribution in [-0.2, 0) is 0 Å². The number of amidine groups is 1. The summed E-state index contributed by atoms with van der Waals surface area (Å²) in [6.45, 7) is 2.27. The van der Waals surface area contributed by atoms with E-state index in [1.165, 1.54) is 75.0 Å². The van der Waals surface area contributed by atoms with Crippen LogP contribution in [0.4, 0.5) is 0 Å². The minimum atomic E-state index is 0.224. The van der Waals surface area contributed by atoms with Crippen molar-refractivity contribution < 1.29 is 0 Å². The van der Waals surface area contributed by atoms with Gasteiger partial charge in [0.1, 0.15) is 0 Å². The highest BCUT2D eigenvalue weighted by molar-refractivity contribution is 8.82. The third-order valence-corrected chi connectivity index (χ3v) is 4.87. The monoisotopic (exact) mass is 276 g/mol. The molecule has 0 spiro atoms. The fourth-order valence-electron chi connectivity index (χ4n) is 1.75. The van der Waals surface area contributed by atoms with Gasteiger partial charge >= 0.3 is 0 Å². The summed E-state index contributed by atoms with van der Waals surface area (Å²) >= 11 is 0. The van der Waals surface area contributed by atoms with Gasteiger partial charge in [0.2, 0.25) is 0 Å². The highest BCUT2D eigenvalue weighted by atomic mass is 33.1. The molecule has 0 amide bonds. The predicted molar refractivity (Wildman–Crippen MR) is 83.8 cm³/mol. The molecule has 0 aromatic heterocycles. The quantitative estimate of drug-likeness (QED) is 0.223. The number of hydrogen-bond acceptors (Lipinski definition) is 3. The number of nitrogens with one attached hydrogen (secondary N) is 1. The van der Waals surface area contributed by atoms with Crippen LogP contribution in [0.25, 0.3) is 0 Å². The van der Waals surface area contributed by atoms with Crippen molar-refractivity contribution in [2.45, 2.75) is 71.1 Å². The maximum atomic E-state index is 7.05. The van der Waals surface area contributed by atoms with Gasteiger partial charge in [-0.25, -0.2) is 0 Å². The van der Waals surface area contributed by atoms with Crippen LogP contribution in [-0.4, -0.2) is 10.9 Å². The van der Waals surface area contributed by atoms with Crippen LogP contribution in [0.15, 0.2) is 0 Å². The van der Waals surface area contributed by atoms with Crippen molar-refractivity contribution in [1.82, 2.24) is 0 Å². The molecule has 0 saturated heterocycles. The van der Waals surface area contributed by atoms with E-state index in [1.54, 1.807) is 10.8 Å². The molecule has 2 nitrogen and oxygen atoms in total. The Morgan fingerprint density at radius 2 is 1.35 bits per heavy atom. The van der Waals surface area contributed by atoms with E-state index in [9.17, 15) is 0 Å². The van der Waals surface area contributed by atoms with Gasteiger partial charge in [-0.3, -0.25) is 5.41 Å². The summed E-state index contributed by atoms with van der Waals surface area (Å²) in [6.07, 6.45) is 13.8. The first-order valence-corrected chi connectivity index (χ1v) is 9.22. The lowest BCUT2D eigenvalue weighted by Gasteiger charge is -2.02. The summed E-state index contributed by atoms with van der Waals surface area (Å²) in [5.41, 5.74) is 5.25. The molecule has 0 saturated carbocycles. The van der Waals surface area contributed by atoms with Gasteiger partial charge in [-0.1, -0.05) is 75.5 Å². The second-order valence-corrected chi connectivity index (χ2v) is 6.91. The van der Waals surface area contributed by atoms with Gasteiger partial charge in [-0.15, -0.1) is 0 Å². The third kappa shape index (κ3) is 16.2. The zero-order valence-electron chi connectivity index (χ0n) is 11.2. The Bertz CT molecular complexity index is 175. The first-order chi connectivity index (χ1) is 8.27. The molecule has 3 N–H and O–H groups in total. The maximum absolute atomic E-state index is 7.05. The Balaban J connectivity index is 2.91. The molecule has 0 atom stereocenters. The molecule has 0 aromatic carbocycles. The number of unbranched alkanes of at least 4 members (excludes halogenated alkanes) is 9. The van der Waals surface area contributed by atoms with Crippen molar-refractivity contribution in [3.63, 3.8) is 0 Å². The Kier molecular flexibility index (Phi) is 14.4. The molecule has 0 aromatic rings. The number of hydrogen-bond donors (Lipinski definition) is 2. The first-order valence-electron chi connectivity index (χ1n) is 6.91. The molecule has 0 rings (SSSR count). The predicted octanol–water partition coefficient (Wildman–Crippen LogP) is 5.18. The van der Waals surface area contributed by atoms with E-state index < -0.39 is 0 Å². The maximum Gasteiger partial charge on any atom is 0.161 e. The van der Waals surface area contributed by atoms with Crippen molar-refractivity contribution in [1.29, 1.82) is 5.41 Å². The van der Waals surface area contributed by atoms with Gasteiger partial charge in [0.05, 0.1) is 0 Å². The number of nitrogens with two attached hydrogens (primary N) is 1. The van der Waals surface area contributed by atoms with Gasteiger partial charge in [0, 0.05) is 5.75 Å². The number of rotatable bonds is 12. The Morgan fingerprint density at radius 3 is 1.82 bits per heavy atom. The van der Waals surface area contributed by atoms with Crippen LogP contribution in [0.5, 0.6) is 0 Å². The second-order valence-electron chi connectivity index (χ2n) is 4.45. The van der Waals surface area contributed by atoms with Crippen LogP contribution < -0.4 is 5.73 Å². The van der Waals surface area contributed by atoms with E-state index in [0.29, 0.717) is 0 Å². The van der Waals surface area contributed by atoms with Crippen LogP contribution in [0.3, 0.4) is 0 Å². The van der Waals surface area contributed by atoms with E-state index in [1.807, 2.05) is 0 Å². The fraction of sp³-hybridized carbons (Fsp3) is 0.923. The Hall–Kier alpha value is 0.170. The van der Waals surface area contributed by atoms with Crippen molar-refractivity contribution >= 4 is 26.8 Å². The highest BCUT2D eigenvalue weighted by Gasteiger charge is 1.94. The Labute approximate surface area is 115 Å². The van der Waals surface area contributed by atoms with Gasteiger partial charge in [-0.2, -0.15) is 0 Å². The van der Waals surface area contributed by atoms with Gasteiger partial charge in [0.15, 0.2) is 5.17 Å². The van der Waals surface area contributed by atoms with Crippen molar-refractivity contribution in [3.05, 3.63) is 0 Å². The summed E-state index contributed by atoms with van der Waals surface area (Å²) in [5, 5.41) is 7.28. The zero-order chi connectivity index (χ0) is 12.8. The molecule has 0 heterocycles. The van der Waals surface area contributed by atoms with Crippen LogP contribution in [0.2, 0.25) is 0 Å². The minimum Gasteiger partial charge on any atom is -0.378 e. The van der Waals surface area contributed by atoms with E-state index in [0.717, 1.165) is 5.75 Å². The lowest BCUT2D eigenvalue weighted by molar-refractivity contribution is 0.563. The Morgan fingerprint density at radius 1 is 0.882 bits per heavy atom.